The number of hydrazine groups is 1. The van der Waals surface area contributed by atoms with Crippen molar-refractivity contribution >= 4 is 58.4 Å². The van der Waals surface area contributed by atoms with E-state index in [0.717, 1.165) is 5.56 Å². The summed E-state index contributed by atoms with van der Waals surface area (Å²) in [5, 5.41) is 2.34. The summed E-state index contributed by atoms with van der Waals surface area (Å²) in [6, 6.07) is 17.3. The number of nitrogens with one attached hydrogen (secondary N) is 1. The molecule has 0 aromatic heterocycles. The van der Waals surface area contributed by atoms with Crippen molar-refractivity contribution in [3.05, 3.63) is 92.4 Å². The van der Waals surface area contributed by atoms with E-state index in [-0.39, 0.29) is 17.2 Å². The summed E-state index contributed by atoms with van der Waals surface area (Å²) in [6.07, 6.45) is 1.47. The maximum atomic E-state index is 12.9. The lowest BCUT2D eigenvalue weighted by atomic mass is 10.1. The number of benzene rings is 3. The third-order valence-electron chi connectivity index (χ3n) is 4.92. The maximum Gasteiger partial charge on any atom is 0.282 e. The fourth-order valence-electron chi connectivity index (χ4n) is 3.34. The van der Waals surface area contributed by atoms with Gasteiger partial charge in [0.25, 0.3) is 11.8 Å². The molecular weight excluding hydrogens is 499 g/mol. The minimum Gasteiger partial charge on any atom is -0.490 e. The van der Waals surface area contributed by atoms with Crippen LogP contribution in [-0.2, 0) is 16.2 Å². The minimum absolute atomic E-state index is 0.0214. The number of rotatable bonds is 7. The first-order chi connectivity index (χ1) is 16.4. The van der Waals surface area contributed by atoms with E-state index in [4.69, 9.17) is 44.3 Å². The molecule has 1 heterocycles. The van der Waals surface area contributed by atoms with Crippen LogP contribution >= 0.6 is 34.8 Å². The Morgan fingerprint density at radius 3 is 2.38 bits per heavy atom. The van der Waals surface area contributed by atoms with E-state index in [1.165, 1.54) is 11.1 Å². The van der Waals surface area contributed by atoms with Crippen LogP contribution in [0.3, 0.4) is 0 Å². The van der Waals surface area contributed by atoms with Crippen LogP contribution in [0.25, 0.3) is 6.08 Å². The van der Waals surface area contributed by atoms with Crippen LogP contribution in [0.2, 0.25) is 15.1 Å². The Kier molecular flexibility index (Phi) is 7.32. The second-order valence-corrected chi connectivity index (χ2v) is 8.50. The average Bonchev–Trinajstić information content (AvgIpc) is 3.10. The van der Waals surface area contributed by atoms with E-state index < -0.39 is 11.8 Å². The summed E-state index contributed by atoms with van der Waals surface area (Å²) in [5.41, 5.74) is 4.42. The molecule has 3 aromatic carbocycles. The molecule has 1 aliphatic rings. The third-order valence-corrected chi connectivity index (χ3v) is 5.94. The van der Waals surface area contributed by atoms with Crippen LogP contribution < -0.4 is 19.9 Å². The van der Waals surface area contributed by atoms with Crippen molar-refractivity contribution in [1.29, 1.82) is 0 Å². The molecule has 0 saturated carbocycles. The fourth-order valence-corrected chi connectivity index (χ4v) is 3.94. The highest BCUT2D eigenvalue weighted by Gasteiger charge is 2.34. The molecule has 0 aliphatic carbocycles. The summed E-state index contributed by atoms with van der Waals surface area (Å²) in [5.74, 6) is -0.259. The number of carbonyl (C=O) groups is 2. The normalized spacial score (nSPS) is 14.5. The summed E-state index contributed by atoms with van der Waals surface area (Å²) >= 11 is 18.5. The number of amides is 2. The predicted octanol–water partition coefficient (Wildman–Crippen LogP) is 6.09. The zero-order chi connectivity index (χ0) is 24.2. The zero-order valence-corrected chi connectivity index (χ0v) is 20.2. The minimum atomic E-state index is -0.511. The topological polar surface area (TPSA) is 67.9 Å². The van der Waals surface area contributed by atoms with E-state index in [2.05, 4.69) is 5.43 Å². The highest BCUT2D eigenvalue weighted by Crippen LogP contribution is 2.38. The highest BCUT2D eigenvalue weighted by atomic mass is 35.5. The molecule has 0 radical (unpaired) electrons. The van der Waals surface area contributed by atoms with Gasteiger partial charge in [-0.3, -0.25) is 15.0 Å². The zero-order valence-electron chi connectivity index (χ0n) is 18.0. The van der Waals surface area contributed by atoms with Crippen molar-refractivity contribution in [2.45, 2.75) is 13.5 Å². The van der Waals surface area contributed by atoms with Crippen LogP contribution in [0.4, 0.5) is 5.69 Å². The fraction of sp³-hybridized carbons (Fsp3) is 0.120. The van der Waals surface area contributed by atoms with E-state index in [0.29, 0.717) is 39.4 Å². The third kappa shape index (κ3) is 5.14. The van der Waals surface area contributed by atoms with Crippen LogP contribution in [-0.4, -0.2) is 18.4 Å². The molecule has 1 aliphatic heterocycles. The second kappa shape index (κ2) is 10.4. The smallest absolute Gasteiger partial charge is 0.282 e. The molecule has 2 amide bonds. The van der Waals surface area contributed by atoms with Crippen molar-refractivity contribution in [2.24, 2.45) is 0 Å². The first kappa shape index (κ1) is 24.0. The SMILES string of the molecule is CCOc1cc(/C=C2/C(=O)NN(c3ccccc3)C2=O)cc(Cl)c1OCc1ccc(Cl)c(Cl)c1. The van der Waals surface area contributed by atoms with Crippen LogP contribution in [0.5, 0.6) is 11.5 Å². The summed E-state index contributed by atoms with van der Waals surface area (Å²) < 4.78 is 11.6. The molecule has 9 heteroatoms. The number of halogens is 3. The summed E-state index contributed by atoms with van der Waals surface area (Å²) in [6.45, 7) is 2.37. The van der Waals surface area contributed by atoms with Gasteiger partial charge >= 0.3 is 0 Å². The molecule has 1 saturated heterocycles. The second-order valence-electron chi connectivity index (χ2n) is 7.28. The van der Waals surface area contributed by atoms with Gasteiger partial charge < -0.3 is 9.47 Å². The molecular formula is C25H19Cl3N2O4. The number of hydrogen-bond acceptors (Lipinski definition) is 4. The van der Waals surface area contributed by atoms with E-state index >= 15 is 0 Å². The largest absolute Gasteiger partial charge is 0.490 e. The molecule has 4 rings (SSSR count). The molecule has 0 atom stereocenters. The van der Waals surface area contributed by atoms with Gasteiger partial charge in [0.2, 0.25) is 0 Å². The molecule has 0 bridgehead atoms. The maximum absolute atomic E-state index is 12.9. The van der Waals surface area contributed by atoms with Gasteiger partial charge in [-0.25, -0.2) is 5.01 Å². The van der Waals surface area contributed by atoms with Crippen molar-refractivity contribution < 1.29 is 19.1 Å². The lowest BCUT2D eigenvalue weighted by Crippen LogP contribution is -2.35. The van der Waals surface area contributed by atoms with Gasteiger partial charge in [-0.05, 0) is 60.5 Å². The van der Waals surface area contributed by atoms with Crippen LogP contribution in [0, 0.1) is 0 Å². The van der Waals surface area contributed by atoms with Gasteiger partial charge in [-0.2, -0.15) is 0 Å². The lowest BCUT2D eigenvalue weighted by Gasteiger charge is -2.15. The lowest BCUT2D eigenvalue weighted by molar-refractivity contribution is -0.117. The molecule has 174 valence electrons. The molecule has 1 N–H and O–H groups in total. The van der Waals surface area contributed by atoms with E-state index in [1.54, 1.807) is 54.6 Å². The Bertz CT molecular complexity index is 1280. The number of anilines is 1. The van der Waals surface area contributed by atoms with Crippen molar-refractivity contribution in [1.82, 2.24) is 5.43 Å². The summed E-state index contributed by atoms with van der Waals surface area (Å²) in [4.78, 5) is 25.4. The number of carbonyl (C=O) groups excluding carboxylic acids is 2. The van der Waals surface area contributed by atoms with Gasteiger partial charge in [-0.1, -0.05) is 59.1 Å². The van der Waals surface area contributed by atoms with Gasteiger partial charge in [0.05, 0.1) is 27.4 Å². The summed E-state index contributed by atoms with van der Waals surface area (Å²) in [7, 11) is 0. The molecule has 0 spiro atoms. The molecule has 0 unspecified atom stereocenters. The van der Waals surface area contributed by atoms with Gasteiger partial charge in [0.1, 0.15) is 12.2 Å². The van der Waals surface area contributed by atoms with Gasteiger partial charge in [-0.15, -0.1) is 0 Å². The Morgan fingerprint density at radius 2 is 1.68 bits per heavy atom. The van der Waals surface area contributed by atoms with E-state index in [9.17, 15) is 9.59 Å². The van der Waals surface area contributed by atoms with Crippen LogP contribution in [0.15, 0.2) is 66.2 Å². The van der Waals surface area contributed by atoms with Crippen molar-refractivity contribution in [3.63, 3.8) is 0 Å². The molecule has 34 heavy (non-hydrogen) atoms. The molecule has 6 nitrogen and oxygen atoms in total. The van der Waals surface area contributed by atoms with Gasteiger partial charge in [0, 0.05) is 0 Å². The Morgan fingerprint density at radius 1 is 0.912 bits per heavy atom. The molecule has 1 fully saturated rings. The van der Waals surface area contributed by atoms with Gasteiger partial charge in [0.15, 0.2) is 11.5 Å². The first-order valence-electron chi connectivity index (χ1n) is 10.3. The monoisotopic (exact) mass is 516 g/mol. The van der Waals surface area contributed by atoms with E-state index in [1.807, 2.05) is 13.0 Å². The van der Waals surface area contributed by atoms with Crippen molar-refractivity contribution in [3.8, 4) is 11.5 Å². The first-order valence-corrected chi connectivity index (χ1v) is 11.5. The number of ether oxygens (including phenoxy) is 2. The Hall–Kier alpha value is -3.19. The van der Waals surface area contributed by atoms with Crippen molar-refractivity contribution in [2.75, 3.05) is 11.6 Å². The quantitative estimate of drug-likeness (QED) is 0.304. The molecule has 3 aromatic rings. The standard InChI is InChI=1S/C25H19Cl3N2O4/c1-2-33-22-13-16(10-18-24(31)29-30(25(18)32)17-6-4-3-5-7-17)12-21(28)23(22)34-14-15-8-9-19(26)20(27)11-15/h3-13H,2,14H2,1H3,(H,29,31)/b18-10-. The Balaban J connectivity index is 1.60. The number of hydrogen-bond donors (Lipinski definition) is 1. The number of nitrogens with zero attached hydrogens (tertiary/aromatic N) is 1. The number of para-hydroxylation sites is 1. The predicted molar refractivity (Wildman–Crippen MR) is 133 cm³/mol. The Labute approximate surface area is 211 Å². The highest BCUT2D eigenvalue weighted by molar-refractivity contribution is 6.42. The average molecular weight is 518 g/mol. The van der Waals surface area contributed by atoms with Crippen LogP contribution in [0.1, 0.15) is 18.1 Å².